The van der Waals surface area contributed by atoms with Crippen LogP contribution < -0.4 is 10.6 Å². The third-order valence-corrected chi connectivity index (χ3v) is 7.00. The molecular weight excluding hydrogens is 458 g/mol. The molecule has 5 nitrogen and oxygen atoms in total. The van der Waals surface area contributed by atoms with Crippen molar-refractivity contribution in [3.63, 3.8) is 0 Å². The molecule has 0 spiro atoms. The minimum atomic E-state index is -0.610. The Balaban J connectivity index is 1.72. The van der Waals surface area contributed by atoms with Gasteiger partial charge in [-0.1, -0.05) is 19.1 Å². The van der Waals surface area contributed by atoms with Crippen molar-refractivity contribution in [2.75, 3.05) is 18.0 Å². The SMILES string of the molecule is CCC(N)C1CN(c2c(-c3cc(C)cc(F)c3)cnc3ccc(-c4cc(F)cc(C#N)c4O)cc23)C1. The van der Waals surface area contributed by atoms with Crippen LogP contribution in [0.4, 0.5) is 14.5 Å². The van der Waals surface area contributed by atoms with Crippen molar-refractivity contribution in [1.29, 1.82) is 5.26 Å². The minimum absolute atomic E-state index is 0.0958. The molecule has 1 saturated heterocycles. The zero-order valence-electron chi connectivity index (χ0n) is 20.1. The van der Waals surface area contributed by atoms with E-state index in [2.05, 4.69) is 16.8 Å². The van der Waals surface area contributed by atoms with Crippen LogP contribution in [-0.4, -0.2) is 29.2 Å². The number of aryl methyl sites for hydroxylation is 1. The monoisotopic (exact) mass is 484 g/mol. The zero-order valence-corrected chi connectivity index (χ0v) is 20.1. The first kappa shape index (κ1) is 23.7. The fourth-order valence-corrected chi connectivity index (χ4v) is 4.99. The van der Waals surface area contributed by atoms with E-state index < -0.39 is 5.82 Å². The number of nitrogens with two attached hydrogens (primary N) is 1. The zero-order chi connectivity index (χ0) is 25.6. The number of phenols is 1. The summed E-state index contributed by atoms with van der Waals surface area (Å²) in [6, 6.07) is 14.4. The molecule has 3 aromatic carbocycles. The number of benzene rings is 3. The Hall–Kier alpha value is -4.02. The predicted octanol–water partition coefficient (Wildman–Crippen LogP) is 5.91. The Morgan fingerprint density at radius 1 is 1.08 bits per heavy atom. The maximum atomic E-state index is 14.4. The number of nitriles is 1. The van der Waals surface area contributed by atoms with Gasteiger partial charge in [-0.05, 0) is 66.4 Å². The molecule has 0 saturated carbocycles. The molecule has 182 valence electrons. The average Bonchev–Trinajstić information content (AvgIpc) is 2.83. The average molecular weight is 485 g/mol. The molecule has 2 heterocycles. The Bertz CT molecular complexity index is 1500. The maximum absolute atomic E-state index is 14.4. The van der Waals surface area contributed by atoms with Gasteiger partial charge < -0.3 is 15.7 Å². The third-order valence-electron chi connectivity index (χ3n) is 7.00. The second-order valence-electron chi connectivity index (χ2n) is 9.47. The highest BCUT2D eigenvalue weighted by Gasteiger charge is 2.33. The maximum Gasteiger partial charge on any atom is 0.141 e. The van der Waals surface area contributed by atoms with Gasteiger partial charge in [0.1, 0.15) is 23.5 Å². The fourth-order valence-electron chi connectivity index (χ4n) is 4.99. The topological polar surface area (TPSA) is 86.2 Å². The summed E-state index contributed by atoms with van der Waals surface area (Å²) in [5.41, 5.74) is 10.8. The Morgan fingerprint density at radius 2 is 1.83 bits per heavy atom. The van der Waals surface area contributed by atoms with E-state index in [4.69, 9.17) is 5.73 Å². The highest BCUT2D eigenvalue weighted by molar-refractivity contribution is 6.02. The third kappa shape index (κ3) is 4.14. The molecule has 1 unspecified atom stereocenters. The summed E-state index contributed by atoms with van der Waals surface area (Å²) in [5, 5.41) is 20.7. The molecule has 0 amide bonds. The highest BCUT2D eigenvalue weighted by Crippen LogP contribution is 2.43. The van der Waals surface area contributed by atoms with Crippen LogP contribution in [0.1, 0.15) is 24.5 Å². The highest BCUT2D eigenvalue weighted by atomic mass is 19.1. The number of anilines is 1. The minimum Gasteiger partial charge on any atom is -0.506 e. The quantitative estimate of drug-likeness (QED) is 0.368. The summed E-state index contributed by atoms with van der Waals surface area (Å²) >= 11 is 0. The summed E-state index contributed by atoms with van der Waals surface area (Å²) in [5.74, 6) is -0.870. The number of nitrogens with zero attached hydrogens (tertiary/aromatic N) is 3. The van der Waals surface area contributed by atoms with Crippen LogP contribution >= 0.6 is 0 Å². The Labute approximate surface area is 208 Å². The number of fused-ring (bicyclic) bond motifs is 1. The second kappa shape index (κ2) is 9.21. The van der Waals surface area contributed by atoms with E-state index in [0.29, 0.717) is 22.6 Å². The first-order valence-electron chi connectivity index (χ1n) is 11.9. The number of rotatable bonds is 5. The molecule has 1 fully saturated rings. The number of phenolic OH excluding ortho intramolecular Hbond substituents is 1. The van der Waals surface area contributed by atoms with Crippen LogP contribution in [-0.2, 0) is 0 Å². The first-order valence-corrected chi connectivity index (χ1v) is 11.9. The number of hydrogen-bond acceptors (Lipinski definition) is 5. The van der Waals surface area contributed by atoms with Gasteiger partial charge in [0.05, 0.1) is 16.8 Å². The van der Waals surface area contributed by atoms with Crippen LogP contribution in [0.2, 0.25) is 0 Å². The van der Waals surface area contributed by atoms with Crippen LogP contribution in [0.5, 0.6) is 5.75 Å². The smallest absolute Gasteiger partial charge is 0.141 e. The van der Waals surface area contributed by atoms with E-state index in [0.717, 1.165) is 47.8 Å². The predicted molar refractivity (Wildman–Crippen MR) is 138 cm³/mol. The van der Waals surface area contributed by atoms with E-state index in [1.165, 1.54) is 18.2 Å². The first-order chi connectivity index (χ1) is 17.3. The van der Waals surface area contributed by atoms with Crippen molar-refractivity contribution in [3.8, 4) is 34.1 Å². The van der Waals surface area contributed by atoms with E-state index in [1.54, 1.807) is 18.3 Å². The van der Waals surface area contributed by atoms with Gasteiger partial charge in [0, 0.05) is 47.8 Å². The number of hydrogen-bond donors (Lipinski definition) is 2. The molecule has 36 heavy (non-hydrogen) atoms. The normalized spacial score (nSPS) is 14.5. The molecular formula is C29H26F2N4O. The standard InChI is InChI=1S/C29H26F2N4O/c1-3-26(33)20-14-35(15-20)28-24-10-17(23-11-22(31)9-19(12-32)29(23)36)4-5-27(24)34-13-25(28)18-6-16(2)7-21(30)8-18/h4-11,13,20,26,36H,3,14-15,33H2,1-2H3. The summed E-state index contributed by atoms with van der Waals surface area (Å²) in [7, 11) is 0. The molecule has 0 bridgehead atoms. The number of pyridine rings is 1. The van der Waals surface area contributed by atoms with Crippen LogP contribution in [0.15, 0.2) is 54.7 Å². The molecule has 4 aromatic rings. The summed E-state index contributed by atoms with van der Waals surface area (Å²) in [6.07, 6.45) is 2.64. The van der Waals surface area contributed by atoms with E-state index in [9.17, 15) is 19.1 Å². The van der Waals surface area contributed by atoms with Gasteiger partial charge in [0.25, 0.3) is 0 Å². The van der Waals surface area contributed by atoms with Crippen molar-refractivity contribution in [1.82, 2.24) is 4.98 Å². The van der Waals surface area contributed by atoms with Crippen molar-refractivity contribution in [3.05, 3.63) is 77.5 Å². The molecule has 0 radical (unpaired) electrons. The van der Waals surface area contributed by atoms with E-state index >= 15 is 0 Å². The molecule has 3 N–H and O–H groups in total. The largest absolute Gasteiger partial charge is 0.506 e. The lowest BCUT2D eigenvalue weighted by Gasteiger charge is -2.45. The summed E-state index contributed by atoms with van der Waals surface area (Å²) < 4.78 is 28.6. The van der Waals surface area contributed by atoms with Gasteiger partial charge in [-0.3, -0.25) is 4.98 Å². The lowest BCUT2D eigenvalue weighted by molar-refractivity contribution is 0.334. The fraction of sp³-hybridized carbons (Fsp3) is 0.241. The van der Waals surface area contributed by atoms with Gasteiger partial charge in [-0.25, -0.2) is 8.78 Å². The summed E-state index contributed by atoms with van der Waals surface area (Å²) in [6.45, 7) is 5.43. The van der Waals surface area contributed by atoms with Crippen molar-refractivity contribution < 1.29 is 13.9 Å². The van der Waals surface area contributed by atoms with Gasteiger partial charge in [0.15, 0.2) is 0 Å². The number of halogens is 2. The molecule has 1 aromatic heterocycles. The Morgan fingerprint density at radius 3 is 2.53 bits per heavy atom. The van der Waals surface area contributed by atoms with Crippen molar-refractivity contribution in [2.24, 2.45) is 11.7 Å². The van der Waals surface area contributed by atoms with Crippen LogP contribution in [0.25, 0.3) is 33.2 Å². The Kier molecular flexibility index (Phi) is 6.07. The second-order valence-corrected chi connectivity index (χ2v) is 9.47. The molecule has 5 rings (SSSR count). The van der Waals surface area contributed by atoms with Crippen molar-refractivity contribution in [2.45, 2.75) is 26.3 Å². The molecule has 1 aliphatic heterocycles. The molecule has 1 atom stereocenters. The van der Waals surface area contributed by atoms with Crippen LogP contribution in [0, 0.1) is 35.8 Å². The number of aromatic hydroxyl groups is 1. The van der Waals surface area contributed by atoms with Crippen LogP contribution in [0.3, 0.4) is 0 Å². The molecule has 0 aliphatic carbocycles. The van der Waals surface area contributed by atoms with Gasteiger partial charge >= 0.3 is 0 Å². The number of aromatic nitrogens is 1. The van der Waals surface area contributed by atoms with Gasteiger partial charge in [-0.15, -0.1) is 0 Å². The van der Waals surface area contributed by atoms with E-state index in [-0.39, 0.29) is 28.7 Å². The lowest BCUT2D eigenvalue weighted by Crippen LogP contribution is -2.54. The summed E-state index contributed by atoms with van der Waals surface area (Å²) in [4.78, 5) is 6.85. The van der Waals surface area contributed by atoms with Gasteiger partial charge in [-0.2, -0.15) is 5.26 Å². The van der Waals surface area contributed by atoms with Crippen molar-refractivity contribution >= 4 is 16.6 Å². The molecule has 1 aliphatic rings. The lowest BCUT2D eigenvalue weighted by atomic mass is 9.88. The molecule has 7 heteroatoms. The van der Waals surface area contributed by atoms with Gasteiger partial charge in [0.2, 0.25) is 0 Å². The van der Waals surface area contributed by atoms with E-state index in [1.807, 2.05) is 25.1 Å².